The number of halogens is 2. The summed E-state index contributed by atoms with van der Waals surface area (Å²) in [6.07, 6.45) is 21.6. The largest absolute Gasteiger partial charge is 1.00 e. The van der Waals surface area contributed by atoms with Gasteiger partial charge in [-0.15, -0.1) is 69.1 Å². The minimum absolute atomic E-state index is 0. The second kappa shape index (κ2) is 24.0. The number of benzene rings is 4. The molecular weight excluding hydrogens is 815 g/mol. The van der Waals surface area contributed by atoms with E-state index in [2.05, 4.69) is 136 Å². The molecule has 2 saturated carbocycles. The Labute approximate surface area is 367 Å². The van der Waals surface area contributed by atoms with Gasteiger partial charge in [-0.1, -0.05) is 163 Å². The summed E-state index contributed by atoms with van der Waals surface area (Å²) in [4.78, 5) is 0. The van der Waals surface area contributed by atoms with Crippen molar-refractivity contribution in [1.29, 1.82) is 0 Å². The molecule has 0 bridgehead atoms. The van der Waals surface area contributed by atoms with Gasteiger partial charge in [-0.2, -0.15) is 12.1 Å². The number of hydrogen-bond donors (Lipinski definition) is 0. The summed E-state index contributed by atoms with van der Waals surface area (Å²) in [7, 11) is 0. The van der Waals surface area contributed by atoms with Crippen molar-refractivity contribution in [2.45, 2.75) is 130 Å². The molecule has 0 amide bonds. The molecule has 56 heavy (non-hydrogen) atoms. The van der Waals surface area contributed by atoms with Crippen LogP contribution in [0, 0.1) is 11.8 Å². The Morgan fingerprint density at radius 3 is 1.23 bits per heavy atom. The third-order valence-electron chi connectivity index (χ3n) is 11.7. The second-order valence-corrected chi connectivity index (χ2v) is 26.0. The van der Waals surface area contributed by atoms with Crippen LogP contribution in [-0.4, -0.2) is 5.43 Å². The van der Waals surface area contributed by atoms with Gasteiger partial charge in [-0.3, -0.25) is 0 Å². The standard InChI is InChI=1S/2C25H29.C2H6Si.2ClH.Zr/c2*1-2-7-19-12-14-22(15-13-19)24-11-6-10-23-17-21(18-25(23)24)16-20-8-4-3-5-9-20;1-3-2;;;/h2*6,10-15,17-18,20H,2-5,7-9,16H2,1H3;1-2H3;2*1H;/q2*-1;;;;+2/p-2. The maximum absolute atomic E-state index is 2.46. The SMILES string of the molecule is CCCc1ccc(-c2cccc3[cH-]c(CC4CCCCC4)cc23)cc1.CCCc1ccc(-c2cccc3[cH-]c(CC4CCCCC4)cc23)cc1.C[Si](C)=[Zr+2].[Cl-].[Cl-]. The predicted octanol–water partition coefficient (Wildman–Crippen LogP) is 9.39. The van der Waals surface area contributed by atoms with Crippen LogP contribution >= 0.6 is 0 Å². The molecule has 0 aromatic heterocycles. The third-order valence-corrected chi connectivity index (χ3v) is 11.7. The van der Waals surface area contributed by atoms with Crippen LogP contribution in [-0.2, 0) is 49.0 Å². The van der Waals surface area contributed by atoms with Crippen LogP contribution < -0.4 is 24.8 Å². The van der Waals surface area contributed by atoms with Crippen LogP contribution in [0.1, 0.15) is 113 Å². The monoisotopic (exact) mass is 876 g/mol. The molecule has 2 fully saturated rings. The Kier molecular flexibility index (Phi) is 19.9. The van der Waals surface area contributed by atoms with Crippen molar-refractivity contribution in [2.75, 3.05) is 0 Å². The number of aryl methyl sites for hydroxylation is 2. The van der Waals surface area contributed by atoms with Gasteiger partial charge in [-0.05, 0) is 59.8 Å². The van der Waals surface area contributed by atoms with Gasteiger partial charge in [0.2, 0.25) is 0 Å². The van der Waals surface area contributed by atoms with E-state index in [0.29, 0.717) is 0 Å². The van der Waals surface area contributed by atoms with Gasteiger partial charge < -0.3 is 24.8 Å². The van der Waals surface area contributed by atoms with E-state index in [4.69, 9.17) is 0 Å². The molecule has 0 heterocycles. The first-order chi connectivity index (χ1) is 26.4. The average Bonchev–Trinajstić information content (AvgIpc) is 3.80. The number of fused-ring (bicyclic) bond motifs is 2. The van der Waals surface area contributed by atoms with Gasteiger partial charge in [0.15, 0.2) is 0 Å². The van der Waals surface area contributed by atoms with Gasteiger partial charge in [0.25, 0.3) is 0 Å². The van der Waals surface area contributed by atoms with Crippen LogP contribution in [0.3, 0.4) is 0 Å². The summed E-state index contributed by atoms with van der Waals surface area (Å²) < 4.78 is 0. The number of rotatable bonds is 10. The molecule has 8 rings (SSSR count). The van der Waals surface area contributed by atoms with E-state index in [0.717, 1.165) is 11.8 Å². The van der Waals surface area contributed by atoms with Gasteiger partial charge in [0.05, 0.1) is 0 Å². The summed E-state index contributed by atoms with van der Waals surface area (Å²) in [5, 5.41) is 5.66. The van der Waals surface area contributed by atoms with E-state index in [1.54, 1.807) is 23.3 Å². The Morgan fingerprint density at radius 1 is 0.536 bits per heavy atom. The summed E-state index contributed by atoms with van der Waals surface area (Å²) in [6.45, 7) is 9.10. The molecule has 0 nitrogen and oxygen atoms in total. The molecule has 6 aromatic carbocycles. The van der Waals surface area contributed by atoms with Crippen LogP contribution in [0.25, 0.3) is 43.8 Å². The van der Waals surface area contributed by atoms with Crippen molar-refractivity contribution < 1.29 is 48.1 Å². The summed E-state index contributed by atoms with van der Waals surface area (Å²) in [6, 6.07) is 41.7. The van der Waals surface area contributed by atoms with Crippen LogP contribution in [0.5, 0.6) is 0 Å². The molecule has 0 spiro atoms. The smallest absolute Gasteiger partial charge is 1.00 e. The summed E-state index contributed by atoms with van der Waals surface area (Å²) in [5.41, 5.74) is 11.6. The van der Waals surface area contributed by atoms with Crippen LogP contribution in [0.4, 0.5) is 0 Å². The normalized spacial score (nSPS) is 14.5. The van der Waals surface area contributed by atoms with Gasteiger partial charge in [0, 0.05) is 0 Å². The Morgan fingerprint density at radius 2 is 0.893 bits per heavy atom. The minimum atomic E-state index is 0. The van der Waals surface area contributed by atoms with Crippen LogP contribution in [0.2, 0.25) is 13.1 Å². The van der Waals surface area contributed by atoms with Crippen molar-refractivity contribution in [1.82, 2.24) is 0 Å². The summed E-state index contributed by atoms with van der Waals surface area (Å²) >= 11 is 1.74. The molecule has 0 aliphatic heterocycles. The molecule has 0 saturated heterocycles. The zero-order valence-corrected chi connectivity index (χ0v) is 39.6. The molecule has 2 aliphatic carbocycles. The third kappa shape index (κ3) is 13.4. The van der Waals surface area contributed by atoms with Crippen molar-refractivity contribution in [2.24, 2.45) is 11.8 Å². The average molecular weight is 879 g/mol. The first-order valence-electron chi connectivity index (χ1n) is 21.5. The molecular formula is C52H64Cl2SiZr-2. The van der Waals surface area contributed by atoms with E-state index in [1.807, 2.05) is 0 Å². The fourth-order valence-corrected chi connectivity index (χ4v) is 9.06. The van der Waals surface area contributed by atoms with Gasteiger partial charge in [0.1, 0.15) is 0 Å². The second-order valence-electron chi connectivity index (χ2n) is 16.7. The fourth-order valence-electron chi connectivity index (χ4n) is 9.06. The Balaban J connectivity index is 0.000000220. The first kappa shape index (κ1) is 46.5. The van der Waals surface area contributed by atoms with Gasteiger partial charge in [-0.25, -0.2) is 0 Å². The molecule has 296 valence electrons. The molecule has 4 heteroatoms. The fraction of sp³-hybridized carbons (Fsp3) is 0.423. The molecule has 2 aliphatic rings. The maximum Gasteiger partial charge on any atom is -1.00 e. The molecule has 0 radical (unpaired) electrons. The van der Waals surface area contributed by atoms with E-state index in [1.165, 1.54) is 169 Å². The van der Waals surface area contributed by atoms with Crippen molar-refractivity contribution >= 4 is 27.0 Å². The van der Waals surface area contributed by atoms with E-state index in [9.17, 15) is 0 Å². The zero-order valence-electron chi connectivity index (χ0n) is 34.6. The van der Waals surface area contributed by atoms with E-state index >= 15 is 0 Å². The zero-order chi connectivity index (χ0) is 37.7. The predicted molar refractivity (Wildman–Crippen MR) is 236 cm³/mol. The maximum atomic E-state index is 2.46. The van der Waals surface area contributed by atoms with E-state index in [-0.39, 0.29) is 30.2 Å². The quantitative estimate of drug-likeness (QED) is 0.0952. The van der Waals surface area contributed by atoms with Crippen molar-refractivity contribution in [3.05, 3.63) is 131 Å². The first-order valence-corrected chi connectivity index (χ1v) is 27.7. The number of hydrogen-bond acceptors (Lipinski definition) is 0. The van der Waals surface area contributed by atoms with E-state index < -0.39 is 0 Å². The van der Waals surface area contributed by atoms with Gasteiger partial charge >= 0.3 is 41.9 Å². The van der Waals surface area contributed by atoms with Crippen molar-refractivity contribution in [3.63, 3.8) is 0 Å². The minimum Gasteiger partial charge on any atom is -1.00 e. The summed E-state index contributed by atoms with van der Waals surface area (Å²) in [5.74, 6) is 1.81. The molecule has 0 unspecified atom stereocenters. The van der Waals surface area contributed by atoms with Crippen LogP contribution in [0.15, 0.2) is 109 Å². The molecule has 0 N–H and O–H groups in total. The topological polar surface area (TPSA) is 0 Å². The van der Waals surface area contributed by atoms with Crippen molar-refractivity contribution in [3.8, 4) is 22.3 Å². The molecule has 0 atom stereocenters. The Bertz CT molecular complexity index is 1890. The Hall–Kier alpha value is -2.22. The molecule has 6 aromatic rings.